The number of likely N-dealkylation sites (N-methyl/N-ethyl adjacent to an activating group) is 1. The number of carbonyl (C=O) groups excluding carboxylic acids is 1. The summed E-state index contributed by atoms with van der Waals surface area (Å²) < 4.78 is 5.10. The third-order valence-corrected chi connectivity index (χ3v) is 4.96. The molecule has 0 fully saturated rings. The van der Waals surface area contributed by atoms with Crippen LogP contribution in [-0.2, 0) is 4.79 Å². The van der Waals surface area contributed by atoms with Crippen LogP contribution in [0.15, 0.2) is 54.3 Å². The van der Waals surface area contributed by atoms with Gasteiger partial charge in [-0.3, -0.25) is 4.79 Å². The zero-order valence-corrected chi connectivity index (χ0v) is 17.1. The molecule has 0 spiro atoms. The number of methoxy groups -OCH3 is 1. The lowest BCUT2D eigenvalue weighted by molar-refractivity contribution is -0.891. The quantitative estimate of drug-likeness (QED) is 0.353. The molecule has 3 rings (SSSR count). The van der Waals surface area contributed by atoms with Crippen molar-refractivity contribution < 1.29 is 19.5 Å². The minimum absolute atomic E-state index is 0.0635. The summed E-state index contributed by atoms with van der Waals surface area (Å²) in [7, 11) is 3.36. The average molecular weight is 406 g/mol. The number of quaternary nitrogens is 1. The monoisotopic (exact) mass is 406 g/mol. The van der Waals surface area contributed by atoms with Crippen molar-refractivity contribution in [1.82, 2.24) is 9.97 Å². The number of ether oxygens (including phenoxy) is 1. The highest BCUT2D eigenvalue weighted by Crippen LogP contribution is 2.19. The lowest BCUT2D eigenvalue weighted by atomic mass is 10.1. The number of rotatable bonds is 7. The predicted octanol–water partition coefficient (Wildman–Crippen LogP) is 1.91. The molecule has 3 aromatic rings. The van der Waals surface area contributed by atoms with Crippen LogP contribution in [0.3, 0.4) is 0 Å². The number of nitrogens with zero attached hydrogens (tertiary/aromatic N) is 2. The van der Waals surface area contributed by atoms with Gasteiger partial charge in [0.1, 0.15) is 23.4 Å². The maximum Gasteiger partial charge on any atom is 0.279 e. The van der Waals surface area contributed by atoms with Gasteiger partial charge in [0.2, 0.25) is 0 Å². The first kappa shape index (κ1) is 20.9. The number of amides is 1. The summed E-state index contributed by atoms with van der Waals surface area (Å²) in [6.07, 6.45) is 0. The van der Waals surface area contributed by atoms with Crippen molar-refractivity contribution >= 4 is 28.2 Å². The SMILES string of the molecule is COc1ccc(NC(=O)C[NH+](C)[C@@H](C)/C(O)=C(\C#N)c2nc3ccccc3[nH]2)cc1. The summed E-state index contributed by atoms with van der Waals surface area (Å²) in [5.74, 6) is 0.679. The summed E-state index contributed by atoms with van der Waals surface area (Å²) in [6.45, 7) is 1.86. The van der Waals surface area contributed by atoms with Gasteiger partial charge in [0, 0.05) is 5.69 Å². The van der Waals surface area contributed by atoms with E-state index in [1.54, 1.807) is 45.3 Å². The predicted molar refractivity (Wildman–Crippen MR) is 114 cm³/mol. The van der Waals surface area contributed by atoms with Crippen molar-refractivity contribution in [3.63, 3.8) is 0 Å². The maximum atomic E-state index is 12.4. The summed E-state index contributed by atoms with van der Waals surface area (Å²) in [6, 6.07) is 16.0. The maximum absolute atomic E-state index is 12.4. The number of aromatic amines is 1. The number of aliphatic hydroxyl groups is 1. The highest BCUT2D eigenvalue weighted by atomic mass is 16.5. The highest BCUT2D eigenvalue weighted by Gasteiger charge is 2.25. The molecule has 8 heteroatoms. The van der Waals surface area contributed by atoms with E-state index >= 15 is 0 Å². The van der Waals surface area contributed by atoms with Crippen LogP contribution in [0.25, 0.3) is 16.6 Å². The van der Waals surface area contributed by atoms with E-state index in [4.69, 9.17) is 4.74 Å². The molecule has 154 valence electrons. The number of anilines is 1. The van der Waals surface area contributed by atoms with Crippen molar-refractivity contribution in [2.24, 2.45) is 0 Å². The smallest absolute Gasteiger partial charge is 0.279 e. The molecule has 0 saturated heterocycles. The van der Waals surface area contributed by atoms with Gasteiger partial charge in [-0.15, -0.1) is 0 Å². The van der Waals surface area contributed by atoms with Crippen LogP contribution in [0.1, 0.15) is 12.7 Å². The molecule has 1 heterocycles. The summed E-state index contributed by atoms with van der Waals surface area (Å²) in [5.41, 5.74) is 2.20. The number of fused-ring (bicyclic) bond motifs is 1. The van der Waals surface area contributed by atoms with E-state index in [1.807, 2.05) is 30.3 Å². The second-order valence-electron chi connectivity index (χ2n) is 7.00. The number of nitriles is 1. The zero-order valence-electron chi connectivity index (χ0n) is 17.1. The lowest BCUT2D eigenvalue weighted by Gasteiger charge is -2.21. The Labute approximate surface area is 174 Å². The largest absolute Gasteiger partial charge is 0.505 e. The summed E-state index contributed by atoms with van der Waals surface area (Å²) >= 11 is 0. The Bertz CT molecular complexity index is 1080. The molecule has 1 aromatic heterocycles. The Morgan fingerprint density at radius 2 is 2.00 bits per heavy atom. The normalized spacial score (nSPS) is 13.8. The van der Waals surface area contributed by atoms with Gasteiger partial charge >= 0.3 is 0 Å². The Balaban J connectivity index is 1.71. The molecule has 8 nitrogen and oxygen atoms in total. The van der Waals surface area contributed by atoms with Crippen LogP contribution in [0.5, 0.6) is 5.75 Å². The van der Waals surface area contributed by atoms with Gasteiger partial charge in [-0.05, 0) is 43.3 Å². The van der Waals surface area contributed by atoms with Gasteiger partial charge in [-0.2, -0.15) is 5.26 Å². The second-order valence-corrected chi connectivity index (χ2v) is 7.00. The Morgan fingerprint density at radius 3 is 2.63 bits per heavy atom. The number of imidazole rings is 1. The van der Waals surface area contributed by atoms with E-state index in [9.17, 15) is 15.2 Å². The topological polar surface area (TPSA) is 115 Å². The van der Waals surface area contributed by atoms with E-state index in [1.165, 1.54) is 0 Å². The van der Waals surface area contributed by atoms with Crippen LogP contribution in [0.2, 0.25) is 0 Å². The molecule has 0 saturated carbocycles. The van der Waals surface area contributed by atoms with Gasteiger partial charge in [0.05, 0.1) is 25.2 Å². The Hall–Kier alpha value is -3.83. The van der Waals surface area contributed by atoms with Crippen molar-refractivity contribution in [2.45, 2.75) is 13.0 Å². The van der Waals surface area contributed by atoms with E-state index in [0.717, 1.165) is 10.4 Å². The van der Waals surface area contributed by atoms with Crippen molar-refractivity contribution in [2.75, 3.05) is 26.0 Å². The molecule has 2 aromatic carbocycles. The lowest BCUT2D eigenvalue weighted by Crippen LogP contribution is -3.13. The number of aromatic nitrogens is 2. The first-order valence-corrected chi connectivity index (χ1v) is 9.47. The van der Waals surface area contributed by atoms with Crippen LogP contribution in [0, 0.1) is 11.3 Å². The fourth-order valence-electron chi connectivity index (χ4n) is 3.04. The van der Waals surface area contributed by atoms with Gasteiger partial charge in [-0.1, -0.05) is 12.1 Å². The molecular weight excluding hydrogens is 382 g/mol. The third kappa shape index (κ3) is 4.59. The van der Waals surface area contributed by atoms with E-state index in [0.29, 0.717) is 22.8 Å². The van der Waals surface area contributed by atoms with Crippen molar-refractivity contribution in [3.05, 3.63) is 60.1 Å². The minimum atomic E-state index is -0.491. The van der Waals surface area contributed by atoms with E-state index < -0.39 is 6.04 Å². The van der Waals surface area contributed by atoms with Crippen molar-refractivity contribution in [1.29, 1.82) is 5.26 Å². The first-order chi connectivity index (χ1) is 14.4. The van der Waals surface area contributed by atoms with Gasteiger partial charge in [-0.25, -0.2) is 4.98 Å². The molecule has 0 aliphatic carbocycles. The Morgan fingerprint density at radius 1 is 1.30 bits per heavy atom. The molecular formula is C22H24N5O3+. The number of hydrogen-bond acceptors (Lipinski definition) is 5. The Kier molecular flexibility index (Phi) is 6.35. The number of carbonyl (C=O) groups is 1. The van der Waals surface area contributed by atoms with Gasteiger partial charge in [0.25, 0.3) is 5.91 Å². The molecule has 0 radical (unpaired) electrons. The fraction of sp³-hybridized carbons (Fsp3) is 0.227. The molecule has 30 heavy (non-hydrogen) atoms. The third-order valence-electron chi connectivity index (χ3n) is 4.96. The number of para-hydroxylation sites is 2. The molecule has 0 aliphatic heterocycles. The molecule has 0 bridgehead atoms. The van der Waals surface area contributed by atoms with Gasteiger partial charge < -0.3 is 25.0 Å². The number of benzene rings is 2. The average Bonchev–Trinajstić information content (AvgIpc) is 3.17. The zero-order chi connectivity index (χ0) is 21.7. The highest BCUT2D eigenvalue weighted by molar-refractivity contribution is 5.91. The first-order valence-electron chi connectivity index (χ1n) is 9.47. The second kappa shape index (κ2) is 9.11. The number of nitrogens with one attached hydrogen (secondary N) is 3. The number of H-pyrrole nitrogens is 1. The number of aliphatic hydroxyl groups excluding tert-OH is 1. The molecule has 1 unspecified atom stereocenters. The summed E-state index contributed by atoms with van der Waals surface area (Å²) in [5, 5.41) is 23.1. The van der Waals surface area contributed by atoms with Crippen LogP contribution < -0.4 is 15.0 Å². The molecule has 2 atom stereocenters. The summed E-state index contributed by atoms with van der Waals surface area (Å²) in [4.78, 5) is 20.5. The van der Waals surface area contributed by atoms with Crippen LogP contribution in [-0.4, -0.2) is 47.7 Å². The molecule has 4 N–H and O–H groups in total. The van der Waals surface area contributed by atoms with Crippen LogP contribution >= 0.6 is 0 Å². The van der Waals surface area contributed by atoms with Crippen molar-refractivity contribution in [3.8, 4) is 11.8 Å². The van der Waals surface area contributed by atoms with Crippen LogP contribution in [0.4, 0.5) is 5.69 Å². The standard InChI is InChI=1S/C22H23N5O3/c1-14(27(2)13-20(28)24-15-8-10-16(30-3)11-9-15)21(29)17(12-23)22-25-18-6-4-5-7-19(18)26-22/h4-11,14,29H,13H2,1-3H3,(H,24,28)(H,25,26)/p+1/b21-17-/t14-/m0/s1. The van der Waals surface area contributed by atoms with E-state index in [2.05, 4.69) is 15.3 Å². The molecule has 0 aliphatic rings. The number of allylic oxidation sites excluding steroid dienone is 1. The number of hydrogen-bond donors (Lipinski definition) is 4. The molecule has 1 amide bonds. The van der Waals surface area contributed by atoms with E-state index in [-0.39, 0.29) is 23.8 Å². The minimum Gasteiger partial charge on any atom is -0.505 e. The fourth-order valence-corrected chi connectivity index (χ4v) is 3.04. The van der Waals surface area contributed by atoms with Gasteiger partial charge in [0.15, 0.2) is 18.1 Å².